The highest BCUT2D eigenvalue weighted by Crippen LogP contribution is 1.89. The molecule has 0 unspecified atom stereocenters. The molecule has 0 saturated heterocycles. The van der Waals surface area contributed by atoms with Crippen molar-refractivity contribution in [2.24, 2.45) is 0 Å². The second-order valence-corrected chi connectivity index (χ2v) is 2.03. The molecule has 0 heterocycles. The summed E-state index contributed by atoms with van der Waals surface area (Å²) in [5, 5.41) is 0. The summed E-state index contributed by atoms with van der Waals surface area (Å²) in [6, 6.07) is 0. The molecule has 0 bridgehead atoms. The summed E-state index contributed by atoms with van der Waals surface area (Å²) in [4.78, 5) is 0. The van der Waals surface area contributed by atoms with E-state index >= 15 is 0 Å². The van der Waals surface area contributed by atoms with Crippen molar-refractivity contribution < 1.29 is 0 Å². The quantitative estimate of drug-likeness (QED) is 0.382. The molecule has 0 aromatic carbocycles. The summed E-state index contributed by atoms with van der Waals surface area (Å²) in [5.41, 5.74) is 1.12. The van der Waals surface area contributed by atoms with Gasteiger partial charge in [-0.25, -0.2) is 0 Å². The first-order chi connectivity index (χ1) is 4.81. The molecular weight excluding hydrogens is 120 g/mol. The fourth-order valence-corrected chi connectivity index (χ4v) is 0.510. The van der Waals surface area contributed by atoms with E-state index in [1.54, 1.807) is 0 Å². The lowest BCUT2D eigenvalue weighted by Gasteiger charge is -1.80. The Morgan fingerprint density at radius 3 is 2.70 bits per heavy atom. The van der Waals surface area contributed by atoms with Gasteiger partial charge >= 0.3 is 0 Å². The molecule has 0 aliphatic rings. The second-order valence-electron chi connectivity index (χ2n) is 2.03. The Kier molecular flexibility index (Phi) is 5.57. The predicted molar refractivity (Wildman–Crippen MR) is 46.6 cm³/mol. The van der Waals surface area contributed by atoms with E-state index in [0.29, 0.717) is 0 Å². The van der Waals surface area contributed by atoms with Crippen LogP contribution in [0.15, 0.2) is 23.8 Å². The summed E-state index contributed by atoms with van der Waals surface area (Å²) < 4.78 is 0. The van der Waals surface area contributed by atoms with Gasteiger partial charge in [0.15, 0.2) is 0 Å². The van der Waals surface area contributed by atoms with Crippen LogP contribution in [0.2, 0.25) is 0 Å². The van der Waals surface area contributed by atoms with Gasteiger partial charge in [0.2, 0.25) is 0 Å². The summed E-state index contributed by atoms with van der Waals surface area (Å²) in [7, 11) is 0. The van der Waals surface area contributed by atoms with Gasteiger partial charge in [0, 0.05) is 6.42 Å². The average Bonchev–Trinajstić information content (AvgIpc) is 1.97. The normalized spacial score (nSPS) is 11.3. The number of allylic oxidation sites excluding steroid dienone is 4. The molecule has 10 heavy (non-hydrogen) atoms. The Morgan fingerprint density at radius 1 is 1.50 bits per heavy atom. The van der Waals surface area contributed by atoms with E-state index in [9.17, 15) is 0 Å². The van der Waals surface area contributed by atoms with E-state index in [1.807, 2.05) is 32.1 Å². The molecule has 0 radical (unpaired) electrons. The third-order valence-corrected chi connectivity index (χ3v) is 1.00. The Hall–Kier alpha value is -0.960. The Labute approximate surface area is 63.6 Å². The lowest BCUT2D eigenvalue weighted by atomic mass is 10.2. The molecule has 0 spiro atoms. The van der Waals surface area contributed by atoms with Crippen LogP contribution >= 0.6 is 0 Å². The van der Waals surface area contributed by atoms with Gasteiger partial charge < -0.3 is 0 Å². The van der Waals surface area contributed by atoms with E-state index in [-0.39, 0.29) is 0 Å². The van der Waals surface area contributed by atoms with E-state index in [2.05, 4.69) is 18.8 Å². The summed E-state index contributed by atoms with van der Waals surface area (Å²) >= 11 is 0. The number of hydrogen-bond acceptors (Lipinski definition) is 0. The molecule has 0 rings (SSSR count). The smallest absolute Gasteiger partial charge is 0.00638 e. The Bertz CT molecular complexity index is 184. The Morgan fingerprint density at radius 2 is 2.20 bits per heavy atom. The fourth-order valence-electron chi connectivity index (χ4n) is 0.510. The van der Waals surface area contributed by atoms with Crippen molar-refractivity contribution in [3.63, 3.8) is 0 Å². The van der Waals surface area contributed by atoms with Crippen LogP contribution in [0, 0.1) is 11.8 Å². The van der Waals surface area contributed by atoms with Crippen LogP contribution in [0.3, 0.4) is 0 Å². The van der Waals surface area contributed by atoms with Crippen molar-refractivity contribution in [1.82, 2.24) is 0 Å². The molecule has 0 amide bonds. The van der Waals surface area contributed by atoms with E-state index in [0.717, 1.165) is 12.0 Å². The van der Waals surface area contributed by atoms with Crippen LogP contribution in [0.1, 0.15) is 27.2 Å². The van der Waals surface area contributed by atoms with Gasteiger partial charge in [-0.2, -0.15) is 0 Å². The molecule has 0 aliphatic heterocycles. The summed E-state index contributed by atoms with van der Waals surface area (Å²) in [6.45, 7) is 6.07. The summed E-state index contributed by atoms with van der Waals surface area (Å²) in [5.74, 6) is 6.03. The van der Waals surface area contributed by atoms with Crippen LogP contribution in [0.4, 0.5) is 0 Å². The first-order valence-electron chi connectivity index (χ1n) is 3.59. The van der Waals surface area contributed by atoms with Gasteiger partial charge in [-0.1, -0.05) is 37.0 Å². The highest BCUT2D eigenvalue weighted by atomic mass is 13.8. The first-order valence-corrected chi connectivity index (χ1v) is 3.59. The molecular formula is C10H14. The van der Waals surface area contributed by atoms with E-state index in [4.69, 9.17) is 0 Å². The van der Waals surface area contributed by atoms with Gasteiger partial charge in [0.1, 0.15) is 0 Å². The van der Waals surface area contributed by atoms with E-state index in [1.165, 1.54) is 0 Å². The molecule has 0 aromatic rings. The lowest BCUT2D eigenvalue weighted by molar-refractivity contribution is 1.28. The van der Waals surface area contributed by atoms with E-state index < -0.39 is 0 Å². The zero-order valence-corrected chi connectivity index (χ0v) is 6.94. The van der Waals surface area contributed by atoms with Crippen LogP contribution < -0.4 is 0 Å². The van der Waals surface area contributed by atoms with Crippen molar-refractivity contribution in [2.75, 3.05) is 0 Å². The fraction of sp³-hybridized carbons (Fsp3) is 0.400. The minimum atomic E-state index is 0.932. The third kappa shape index (κ3) is 5.18. The van der Waals surface area contributed by atoms with Gasteiger partial charge in [-0.15, -0.1) is 0 Å². The minimum Gasteiger partial charge on any atom is -0.0985 e. The first kappa shape index (κ1) is 9.04. The number of hydrogen-bond donors (Lipinski definition) is 0. The third-order valence-electron chi connectivity index (χ3n) is 1.00. The maximum atomic E-state index is 3.03. The van der Waals surface area contributed by atoms with Gasteiger partial charge in [0.25, 0.3) is 0 Å². The monoisotopic (exact) mass is 134 g/mol. The molecule has 0 aliphatic carbocycles. The number of rotatable bonds is 1. The van der Waals surface area contributed by atoms with Gasteiger partial charge in [0.05, 0.1) is 0 Å². The molecule has 0 N–H and O–H groups in total. The second kappa shape index (κ2) is 6.16. The molecule has 0 aromatic heterocycles. The molecule has 0 fully saturated rings. The van der Waals surface area contributed by atoms with Crippen molar-refractivity contribution in [1.29, 1.82) is 0 Å². The molecule has 0 atom stereocenters. The maximum Gasteiger partial charge on any atom is 0.00638 e. The highest BCUT2D eigenvalue weighted by molar-refractivity contribution is 5.29. The van der Waals surface area contributed by atoms with Crippen LogP contribution in [-0.2, 0) is 0 Å². The SMILES string of the molecule is CC=CC=C(C)C#CCC. The van der Waals surface area contributed by atoms with Crippen LogP contribution in [-0.4, -0.2) is 0 Å². The Balaban J connectivity index is 3.94. The van der Waals surface area contributed by atoms with Crippen LogP contribution in [0.25, 0.3) is 0 Å². The van der Waals surface area contributed by atoms with Crippen molar-refractivity contribution in [3.05, 3.63) is 23.8 Å². The van der Waals surface area contributed by atoms with Crippen LogP contribution in [0.5, 0.6) is 0 Å². The zero-order chi connectivity index (χ0) is 7.82. The molecule has 0 saturated carbocycles. The maximum absolute atomic E-state index is 3.03. The topological polar surface area (TPSA) is 0 Å². The largest absolute Gasteiger partial charge is 0.0985 e. The standard InChI is InChI=1S/C10H14/c1-4-6-8-10(3)9-7-5-2/h4,6,8H,5H2,1-3H3. The van der Waals surface area contributed by atoms with Crippen molar-refractivity contribution in [3.8, 4) is 11.8 Å². The molecule has 54 valence electrons. The van der Waals surface area contributed by atoms with Gasteiger partial charge in [-0.05, 0) is 19.4 Å². The zero-order valence-electron chi connectivity index (χ0n) is 6.94. The van der Waals surface area contributed by atoms with Crippen molar-refractivity contribution in [2.45, 2.75) is 27.2 Å². The summed E-state index contributed by atoms with van der Waals surface area (Å²) in [6.07, 6.45) is 6.94. The van der Waals surface area contributed by atoms with Crippen molar-refractivity contribution >= 4 is 0 Å². The highest BCUT2D eigenvalue weighted by Gasteiger charge is 1.73. The molecule has 0 heteroatoms. The predicted octanol–water partition coefficient (Wildman–Crippen LogP) is 2.92. The minimum absolute atomic E-state index is 0.932. The lowest BCUT2D eigenvalue weighted by Crippen LogP contribution is -1.65. The molecule has 0 nitrogen and oxygen atoms in total. The van der Waals surface area contributed by atoms with Gasteiger partial charge in [-0.3, -0.25) is 0 Å². The average molecular weight is 134 g/mol.